The first kappa shape index (κ1) is 21.1. The van der Waals surface area contributed by atoms with Crippen molar-refractivity contribution in [1.29, 1.82) is 0 Å². The Labute approximate surface area is 175 Å². The first-order valence-corrected chi connectivity index (χ1v) is 9.42. The van der Waals surface area contributed by atoms with Gasteiger partial charge in [-0.05, 0) is 37.1 Å². The van der Waals surface area contributed by atoms with E-state index in [1.54, 1.807) is 54.6 Å². The first-order valence-electron chi connectivity index (χ1n) is 9.42. The number of nitrogens with one attached hydrogen (secondary N) is 1. The van der Waals surface area contributed by atoms with Crippen molar-refractivity contribution in [1.82, 2.24) is 5.43 Å². The SMILES string of the molecule is COc1cccc(/C=N/NC(=O)C(O)(c2cccc(C)c2)c2cccc(C)c2)c1O. The summed E-state index contributed by atoms with van der Waals surface area (Å²) in [5.74, 6) is -0.510. The molecule has 0 spiro atoms. The number of hydrogen-bond acceptors (Lipinski definition) is 5. The molecule has 154 valence electrons. The number of methoxy groups -OCH3 is 1. The molecule has 3 aromatic rings. The van der Waals surface area contributed by atoms with Crippen LogP contribution in [-0.4, -0.2) is 29.4 Å². The highest BCUT2D eigenvalue weighted by Gasteiger charge is 2.40. The number of aliphatic hydroxyl groups is 1. The molecule has 0 unspecified atom stereocenters. The summed E-state index contributed by atoms with van der Waals surface area (Å²) in [6, 6.07) is 19.2. The standard InChI is InChI=1S/C24H24N2O4/c1-16-7-4-10-19(13-16)24(29,20-11-5-8-17(2)14-20)23(28)26-25-15-18-9-6-12-21(30-3)22(18)27/h4-15,27,29H,1-3H3,(H,26,28)/b25-15+. The molecule has 0 aliphatic carbocycles. The number of hydrogen-bond donors (Lipinski definition) is 3. The van der Waals surface area contributed by atoms with Gasteiger partial charge in [0, 0.05) is 5.56 Å². The van der Waals surface area contributed by atoms with Crippen molar-refractivity contribution in [2.45, 2.75) is 19.4 Å². The minimum absolute atomic E-state index is 0.0920. The van der Waals surface area contributed by atoms with Gasteiger partial charge in [-0.1, -0.05) is 65.7 Å². The van der Waals surface area contributed by atoms with E-state index in [9.17, 15) is 15.0 Å². The molecule has 0 aliphatic heterocycles. The highest BCUT2D eigenvalue weighted by Crippen LogP contribution is 2.31. The van der Waals surface area contributed by atoms with Gasteiger partial charge in [0.25, 0.3) is 5.91 Å². The Kier molecular flexibility index (Phi) is 6.18. The smallest absolute Gasteiger partial charge is 0.281 e. The summed E-state index contributed by atoms with van der Waals surface area (Å²) in [5.41, 5.74) is 3.52. The van der Waals surface area contributed by atoms with Gasteiger partial charge in [-0.3, -0.25) is 4.79 Å². The van der Waals surface area contributed by atoms with E-state index in [0.29, 0.717) is 22.4 Å². The fourth-order valence-corrected chi connectivity index (χ4v) is 3.22. The number of para-hydroxylation sites is 1. The van der Waals surface area contributed by atoms with E-state index in [0.717, 1.165) is 11.1 Å². The van der Waals surface area contributed by atoms with Crippen LogP contribution in [0.1, 0.15) is 27.8 Å². The molecule has 0 atom stereocenters. The molecule has 0 aliphatic rings. The molecule has 0 bridgehead atoms. The molecule has 0 radical (unpaired) electrons. The normalized spacial score (nSPS) is 11.5. The molecule has 30 heavy (non-hydrogen) atoms. The number of amides is 1. The Morgan fingerprint density at radius 1 is 1.00 bits per heavy atom. The van der Waals surface area contributed by atoms with E-state index in [1.807, 2.05) is 26.0 Å². The number of aryl methyl sites for hydroxylation is 2. The van der Waals surface area contributed by atoms with Crippen LogP contribution in [0.3, 0.4) is 0 Å². The number of ether oxygens (including phenoxy) is 1. The Bertz CT molecular complexity index is 1050. The van der Waals surface area contributed by atoms with Gasteiger partial charge in [-0.25, -0.2) is 5.43 Å². The van der Waals surface area contributed by atoms with Crippen LogP contribution in [0.5, 0.6) is 11.5 Å². The maximum atomic E-state index is 13.1. The molecule has 0 fully saturated rings. The largest absolute Gasteiger partial charge is 0.504 e. The molecule has 0 aromatic heterocycles. The summed E-state index contributed by atoms with van der Waals surface area (Å²) in [7, 11) is 1.45. The Morgan fingerprint density at radius 3 is 2.10 bits per heavy atom. The van der Waals surface area contributed by atoms with E-state index in [2.05, 4.69) is 10.5 Å². The Morgan fingerprint density at radius 2 is 1.57 bits per heavy atom. The molecule has 0 saturated carbocycles. The topological polar surface area (TPSA) is 91.2 Å². The van der Waals surface area contributed by atoms with E-state index in [-0.39, 0.29) is 5.75 Å². The van der Waals surface area contributed by atoms with Crippen molar-refractivity contribution in [3.63, 3.8) is 0 Å². The van der Waals surface area contributed by atoms with Gasteiger partial charge >= 0.3 is 0 Å². The fraction of sp³-hybridized carbons (Fsp3) is 0.167. The molecule has 3 rings (SSSR count). The summed E-state index contributed by atoms with van der Waals surface area (Å²) >= 11 is 0. The molecule has 0 heterocycles. The lowest BCUT2D eigenvalue weighted by molar-refractivity contribution is -0.136. The van der Waals surface area contributed by atoms with Crippen LogP contribution in [0.4, 0.5) is 0 Å². The fourth-order valence-electron chi connectivity index (χ4n) is 3.22. The third-order valence-electron chi connectivity index (χ3n) is 4.82. The third-order valence-corrected chi connectivity index (χ3v) is 4.82. The second kappa shape index (κ2) is 8.80. The second-order valence-corrected chi connectivity index (χ2v) is 7.05. The van der Waals surface area contributed by atoms with Gasteiger partial charge in [0.2, 0.25) is 0 Å². The number of benzene rings is 3. The number of aromatic hydroxyl groups is 1. The summed E-state index contributed by atoms with van der Waals surface area (Å²) in [6.07, 6.45) is 1.29. The van der Waals surface area contributed by atoms with Crippen LogP contribution < -0.4 is 10.2 Å². The molecule has 3 aromatic carbocycles. The molecule has 3 N–H and O–H groups in total. The summed E-state index contributed by atoms with van der Waals surface area (Å²) in [6.45, 7) is 3.78. The predicted octanol–water partition coefficient (Wildman–Crippen LogP) is 3.40. The summed E-state index contributed by atoms with van der Waals surface area (Å²) in [4.78, 5) is 13.1. The zero-order chi connectivity index (χ0) is 21.7. The van der Waals surface area contributed by atoms with E-state index in [1.165, 1.54) is 13.3 Å². The van der Waals surface area contributed by atoms with Crippen LogP contribution >= 0.6 is 0 Å². The molecule has 6 nitrogen and oxygen atoms in total. The van der Waals surface area contributed by atoms with Gasteiger partial charge in [-0.15, -0.1) is 0 Å². The average molecular weight is 404 g/mol. The molecule has 1 amide bonds. The average Bonchev–Trinajstić information content (AvgIpc) is 2.74. The number of nitrogens with zero attached hydrogens (tertiary/aromatic N) is 1. The monoisotopic (exact) mass is 404 g/mol. The maximum Gasteiger partial charge on any atom is 0.281 e. The molecule has 0 saturated heterocycles. The summed E-state index contributed by atoms with van der Waals surface area (Å²) < 4.78 is 5.07. The minimum atomic E-state index is -1.94. The van der Waals surface area contributed by atoms with Gasteiger partial charge in [0.1, 0.15) is 0 Å². The number of hydrazone groups is 1. The van der Waals surface area contributed by atoms with Crippen molar-refractivity contribution < 1.29 is 19.7 Å². The van der Waals surface area contributed by atoms with Crippen LogP contribution in [0.15, 0.2) is 71.8 Å². The Balaban J connectivity index is 1.95. The quantitative estimate of drug-likeness (QED) is 0.434. The zero-order valence-electron chi connectivity index (χ0n) is 17.1. The first-order chi connectivity index (χ1) is 14.4. The maximum absolute atomic E-state index is 13.1. The van der Waals surface area contributed by atoms with E-state index >= 15 is 0 Å². The van der Waals surface area contributed by atoms with Gasteiger partial charge < -0.3 is 14.9 Å². The zero-order valence-corrected chi connectivity index (χ0v) is 17.1. The third kappa shape index (κ3) is 4.18. The van der Waals surface area contributed by atoms with Gasteiger partial charge in [-0.2, -0.15) is 5.10 Å². The van der Waals surface area contributed by atoms with Crippen LogP contribution in [0, 0.1) is 13.8 Å². The van der Waals surface area contributed by atoms with Crippen molar-refractivity contribution in [3.8, 4) is 11.5 Å². The van der Waals surface area contributed by atoms with Crippen molar-refractivity contribution in [2.75, 3.05) is 7.11 Å². The number of carbonyl (C=O) groups excluding carboxylic acids is 1. The van der Waals surface area contributed by atoms with E-state index < -0.39 is 11.5 Å². The lowest BCUT2D eigenvalue weighted by Crippen LogP contribution is -2.43. The van der Waals surface area contributed by atoms with Crippen molar-refractivity contribution >= 4 is 12.1 Å². The minimum Gasteiger partial charge on any atom is -0.504 e. The molecular weight excluding hydrogens is 380 g/mol. The number of phenols is 1. The summed E-state index contributed by atoms with van der Waals surface area (Å²) in [5, 5.41) is 25.6. The van der Waals surface area contributed by atoms with Crippen LogP contribution in [-0.2, 0) is 10.4 Å². The van der Waals surface area contributed by atoms with Crippen molar-refractivity contribution in [2.24, 2.45) is 5.10 Å². The number of rotatable bonds is 6. The van der Waals surface area contributed by atoms with Crippen LogP contribution in [0.25, 0.3) is 0 Å². The lowest BCUT2D eigenvalue weighted by Gasteiger charge is -2.27. The van der Waals surface area contributed by atoms with E-state index in [4.69, 9.17) is 4.74 Å². The lowest BCUT2D eigenvalue weighted by atomic mass is 9.84. The Hall–Kier alpha value is -3.64. The predicted molar refractivity (Wildman–Crippen MR) is 116 cm³/mol. The number of phenolic OH excluding ortho intramolecular Hbond substituents is 1. The molecule has 6 heteroatoms. The van der Waals surface area contributed by atoms with Gasteiger partial charge in [0.15, 0.2) is 17.1 Å². The second-order valence-electron chi connectivity index (χ2n) is 7.05. The molecular formula is C24H24N2O4. The highest BCUT2D eigenvalue weighted by molar-refractivity contribution is 5.92. The van der Waals surface area contributed by atoms with Crippen LogP contribution in [0.2, 0.25) is 0 Å². The number of carbonyl (C=O) groups is 1. The highest BCUT2D eigenvalue weighted by atomic mass is 16.5. The van der Waals surface area contributed by atoms with Crippen molar-refractivity contribution in [3.05, 3.63) is 94.5 Å². The van der Waals surface area contributed by atoms with Gasteiger partial charge in [0.05, 0.1) is 13.3 Å².